The summed E-state index contributed by atoms with van der Waals surface area (Å²) in [4.78, 5) is 12.4. The first-order chi connectivity index (χ1) is 11.7. The van der Waals surface area contributed by atoms with Gasteiger partial charge in [0.05, 0.1) is 13.7 Å². The second-order valence-electron chi connectivity index (χ2n) is 5.52. The number of rotatable bonds is 8. The van der Waals surface area contributed by atoms with Crippen LogP contribution in [0.5, 0.6) is 11.5 Å². The molecule has 0 aliphatic heterocycles. The fourth-order valence-corrected chi connectivity index (χ4v) is 2.62. The highest BCUT2D eigenvalue weighted by Gasteiger charge is 2.14. The maximum Gasteiger partial charge on any atom is 0.251 e. The number of nitrogens with one attached hydrogen (secondary N) is 1. The summed E-state index contributed by atoms with van der Waals surface area (Å²) in [6.45, 7) is 5.20. The van der Waals surface area contributed by atoms with E-state index in [-0.39, 0.29) is 5.91 Å². The molecule has 2 aromatic carbocycles. The van der Waals surface area contributed by atoms with Gasteiger partial charge in [-0.2, -0.15) is 0 Å². The quantitative estimate of drug-likeness (QED) is 0.796. The molecule has 0 spiro atoms. The fraction of sp³-hybridized carbons (Fsp3) is 0.350. The normalized spacial score (nSPS) is 11.6. The van der Waals surface area contributed by atoms with Gasteiger partial charge < -0.3 is 14.8 Å². The SMILES string of the molecule is CCOc1ccc(C(=O)NCC(CC)c2ccccc2)cc1OC. The molecule has 4 heteroatoms. The lowest BCUT2D eigenvalue weighted by Gasteiger charge is -2.16. The minimum Gasteiger partial charge on any atom is -0.493 e. The molecule has 128 valence electrons. The van der Waals surface area contributed by atoms with Gasteiger partial charge in [0.2, 0.25) is 0 Å². The van der Waals surface area contributed by atoms with E-state index in [0.717, 1.165) is 6.42 Å². The molecule has 24 heavy (non-hydrogen) atoms. The first-order valence-electron chi connectivity index (χ1n) is 8.33. The third kappa shape index (κ3) is 4.51. The number of carbonyl (C=O) groups is 1. The molecule has 0 heterocycles. The van der Waals surface area contributed by atoms with Gasteiger partial charge in [-0.05, 0) is 37.1 Å². The Hall–Kier alpha value is -2.49. The smallest absolute Gasteiger partial charge is 0.251 e. The lowest BCUT2D eigenvalue weighted by Crippen LogP contribution is -2.28. The number of amides is 1. The first kappa shape index (κ1) is 17.9. The van der Waals surface area contributed by atoms with Crippen LogP contribution in [0.4, 0.5) is 0 Å². The van der Waals surface area contributed by atoms with Crippen LogP contribution < -0.4 is 14.8 Å². The van der Waals surface area contributed by atoms with Crippen LogP contribution in [0, 0.1) is 0 Å². The molecule has 0 radical (unpaired) electrons. The Morgan fingerprint density at radius 1 is 1.08 bits per heavy atom. The number of hydrogen-bond acceptors (Lipinski definition) is 3. The van der Waals surface area contributed by atoms with Crippen molar-refractivity contribution in [2.24, 2.45) is 0 Å². The fourth-order valence-electron chi connectivity index (χ4n) is 2.62. The molecule has 0 aliphatic rings. The van der Waals surface area contributed by atoms with Crippen molar-refractivity contribution < 1.29 is 14.3 Å². The van der Waals surface area contributed by atoms with Crippen molar-refractivity contribution in [3.05, 3.63) is 59.7 Å². The molecule has 1 N–H and O–H groups in total. The predicted octanol–water partition coefficient (Wildman–Crippen LogP) is 4.02. The summed E-state index contributed by atoms with van der Waals surface area (Å²) >= 11 is 0. The zero-order valence-electron chi connectivity index (χ0n) is 14.5. The third-order valence-electron chi connectivity index (χ3n) is 4.00. The highest BCUT2D eigenvalue weighted by Crippen LogP contribution is 2.28. The van der Waals surface area contributed by atoms with E-state index in [1.54, 1.807) is 25.3 Å². The highest BCUT2D eigenvalue weighted by molar-refractivity contribution is 5.94. The molecule has 0 saturated carbocycles. The molecule has 4 nitrogen and oxygen atoms in total. The Labute approximate surface area is 143 Å². The molecule has 0 aliphatic carbocycles. The second kappa shape index (κ2) is 8.96. The van der Waals surface area contributed by atoms with Crippen molar-refractivity contribution >= 4 is 5.91 Å². The minimum absolute atomic E-state index is 0.106. The molecule has 2 rings (SSSR count). The zero-order chi connectivity index (χ0) is 17.4. The Morgan fingerprint density at radius 3 is 2.46 bits per heavy atom. The van der Waals surface area contributed by atoms with E-state index >= 15 is 0 Å². The van der Waals surface area contributed by atoms with Gasteiger partial charge in [-0.15, -0.1) is 0 Å². The van der Waals surface area contributed by atoms with Gasteiger partial charge in [-0.1, -0.05) is 37.3 Å². The number of hydrogen-bond donors (Lipinski definition) is 1. The molecular formula is C20H25NO3. The predicted molar refractivity (Wildman–Crippen MR) is 96.0 cm³/mol. The Bertz CT molecular complexity index is 655. The van der Waals surface area contributed by atoms with E-state index in [2.05, 4.69) is 24.4 Å². The van der Waals surface area contributed by atoms with Crippen molar-refractivity contribution in [3.8, 4) is 11.5 Å². The van der Waals surface area contributed by atoms with Crippen LogP contribution in [0.1, 0.15) is 42.1 Å². The van der Waals surface area contributed by atoms with E-state index in [1.165, 1.54) is 5.56 Å². The topological polar surface area (TPSA) is 47.6 Å². The standard InChI is InChI=1S/C20H25NO3/c1-4-15(16-9-7-6-8-10-16)14-21-20(22)17-11-12-18(24-5-2)19(13-17)23-3/h6-13,15H,4-5,14H2,1-3H3,(H,21,22). The number of carbonyl (C=O) groups excluding carboxylic acids is 1. The molecule has 0 fully saturated rings. The van der Waals surface area contributed by atoms with Gasteiger partial charge in [0, 0.05) is 18.0 Å². The van der Waals surface area contributed by atoms with E-state index in [0.29, 0.717) is 36.1 Å². The average Bonchev–Trinajstić information content (AvgIpc) is 2.63. The Balaban J connectivity index is 2.04. The Morgan fingerprint density at radius 2 is 1.83 bits per heavy atom. The van der Waals surface area contributed by atoms with Gasteiger partial charge in [-0.3, -0.25) is 4.79 Å². The summed E-state index contributed by atoms with van der Waals surface area (Å²) in [6.07, 6.45) is 0.969. The molecular weight excluding hydrogens is 302 g/mol. The monoisotopic (exact) mass is 327 g/mol. The second-order valence-corrected chi connectivity index (χ2v) is 5.52. The molecule has 0 saturated heterocycles. The third-order valence-corrected chi connectivity index (χ3v) is 4.00. The summed E-state index contributed by atoms with van der Waals surface area (Å²) in [6, 6.07) is 15.5. The van der Waals surface area contributed by atoms with Gasteiger partial charge in [0.1, 0.15) is 0 Å². The average molecular weight is 327 g/mol. The summed E-state index contributed by atoms with van der Waals surface area (Å²) in [5.74, 6) is 1.41. The van der Waals surface area contributed by atoms with E-state index < -0.39 is 0 Å². The maximum atomic E-state index is 12.4. The lowest BCUT2D eigenvalue weighted by atomic mass is 9.96. The molecule has 1 unspecified atom stereocenters. The maximum absolute atomic E-state index is 12.4. The molecule has 1 atom stereocenters. The van der Waals surface area contributed by atoms with Crippen LogP contribution in [0.15, 0.2) is 48.5 Å². The van der Waals surface area contributed by atoms with Crippen LogP contribution in [-0.4, -0.2) is 26.2 Å². The van der Waals surface area contributed by atoms with Crippen molar-refractivity contribution in [1.82, 2.24) is 5.32 Å². The van der Waals surface area contributed by atoms with Crippen molar-refractivity contribution in [2.75, 3.05) is 20.3 Å². The molecule has 0 aromatic heterocycles. The van der Waals surface area contributed by atoms with E-state index in [4.69, 9.17) is 9.47 Å². The van der Waals surface area contributed by atoms with Gasteiger partial charge >= 0.3 is 0 Å². The van der Waals surface area contributed by atoms with Crippen LogP contribution in [-0.2, 0) is 0 Å². The largest absolute Gasteiger partial charge is 0.493 e. The van der Waals surface area contributed by atoms with Crippen LogP contribution in [0.2, 0.25) is 0 Å². The van der Waals surface area contributed by atoms with Crippen molar-refractivity contribution in [3.63, 3.8) is 0 Å². The van der Waals surface area contributed by atoms with Crippen LogP contribution >= 0.6 is 0 Å². The first-order valence-corrected chi connectivity index (χ1v) is 8.33. The summed E-state index contributed by atoms with van der Waals surface area (Å²) in [5.41, 5.74) is 1.81. The molecule has 0 bridgehead atoms. The zero-order valence-corrected chi connectivity index (χ0v) is 14.5. The summed E-state index contributed by atoms with van der Waals surface area (Å²) in [5, 5.41) is 3.02. The van der Waals surface area contributed by atoms with Crippen LogP contribution in [0.3, 0.4) is 0 Å². The van der Waals surface area contributed by atoms with E-state index in [1.807, 2.05) is 25.1 Å². The van der Waals surface area contributed by atoms with E-state index in [9.17, 15) is 4.79 Å². The number of methoxy groups -OCH3 is 1. The van der Waals surface area contributed by atoms with Crippen LogP contribution in [0.25, 0.3) is 0 Å². The molecule has 1 amide bonds. The Kier molecular flexibility index (Phi) is 6.67. The summed E-state index contributed by atoms with van der Waals surface area (Å²) < 4.78 is 10.8. The van der Waals surface area contributed by atoms with Gasteiger partial charge in [0.25, 0.3) is 5.91 Å². The minimum atomic E-state index is -0.106. The van der Waals surface area contributed by atoms with Gasteiger partial charge in [-0.25, -0.2) is 0 Å². The molecule has 2 aromatic rings. The number of ether oxygens (including phenoxy) is 2. The van der Waals surface area contributed by atoms with Gasteiger partial charge in [0.15, 0.2) is 11.5 Å². The van der Waals surface area contributed by atoms with Crippen molar-refractivity contribution in [2.45, 2.75) is 26.2 Å². The highest BCUT2D eigenvalue weighted by atomic mass is 16.5. The lowest BCUT2D eigenvalue weighted by molar-refractivity contribution is 0.0950. The number of benzene rings is 2. The van der Waals surface area contributed by atoms with Crippen molar-refractivity contribution in [1.29, 1.82) is 0 Å². The summed E-state index contributed by atoms with van der Waals surface area (Å²) in [7, 11) is 1.57.